The summed E-state index contributed by atoms with van der Waals surface area (Å²) in [4.78, 5) is 14.2. The molecule has 1 aromatic carbocycles. The van der Waals surface area contributed by atoms with E-state index in [1.54, 1.807) is 4.90 Å². The van der Waals surface area contributed by atoms with Gasteiger partial charge >= 0.3 is 12.2 Å². The molecule has 3 atom stereocenters. The van der Waals surface area contributed by atoms with Crippen LogP contribution in [0, 0.1) is 5.92 Å². The van der Waals surface area contributed by atoms with E-state index < -0.39 is 18.1 Å². The van der Waals surface area contributed by atoms with E-state index in [1.165, 1.54) is 0 Å². The smallest absolute Gasteiger partial charge is 0.370 e. The Morgan fingerprint density at radius 3 is 2.85 bits per heavy atom. The zero-order chi connectivity index (χ0) is 18.7. The van der Waals surface area contributed by atoms with E-state index >= 15 is 0 Å². The topological polar surface area (TPSA) is 41.6 Å². The van der Waals surface area contributed by atoms with Crippen LogP contribution in [-0.2, 0) is 4.74 Å². The summed E-state index contributed by atoms with van der Waals surface area (Å²) >= 11 is 3.42. The van der Waals surface area contributed by atoms with Crippen molar-refractivity contribution in [2.75, 3.05) is 19.7 Å². The Morgan fingerprint density at radius 2 is 2.12 bits per heavy atom. The van der Waals surface area contributed by atoms with Crippen LogP contribution in [-0.4, -0.2) is 42.8 Å². The fraction of sp³-hybridized carbons (Fsp3) is 0.611. The predicted molar refractivity (Wildman–Crippen MR) is 94.7 cm³/mol. The van der Waals surface area contributed by atoms with Crippen LogP contribution < -0.4 is 5.32 Å². The summed E-state index contributed by atoms with van der Waals surface area (Å²) in [7, 11) is 0. The largest absolute Gasteiger partial charge is 0.391 e. The van der Waals surface area contributed by atoms with Crippen molar-refractivity contribution in [2.24, 2.45) is 5.92 Å². The van der Waals surface area contributed by atoms with Crippen molar-refractivity contribution in [1.29, 1.82) is 0 Å². The van der Waals surface area contributed by atoms with Crippen molar-refractivity contribution in [2.45, 2.75) is 44.0 Å². The number of nitrogens with one attached hydrogen (secondary N) is 1. The number of urea groups is 1. The highest BCUT2D eigenvalue weighted by molar-refractivity contribution is 9.10. The van der Waals surface area contributed by atoms with Crippen LogP contribution in [0.1, 0.15) is 37.4 Å². The first-order chi connectivity index (χ1) is 12.3. The van der Waals surface area contributed by atoms with Gasteiger partial charge in [0.05, 0.1) is 19.1 Å². The molecule has 1 N–H and O–H groups in total. The number of benzene rings is 1. The number of halogens is 4. The van der Waals surface area contributed by atoms with Gasteiger partial charge in [-0.2, -0.15) is 13.2 Å². The number of hydrogen-bond donors (Lipinski definition) is 1. The maximum Gasteiger partial charge on any atom is 0.391 e. The Hall–Kier alpha value is -1.28. The molecule has 0 aromatic heterocycles. The summed E-state index contributed by atoms with van der Waals surface area (Å²) in [6, 6.07) is 6.97. The Morgan fingerprint density at radius 1 is 1.31 bits per heavy atom. The molecule has 8 heteroatoms. The molecule has 4 nitrogen and oxygen atoms in total. The summed E-state index contributed by atoms with van der Waals surface area (Å²) in [5.74, 6) is -1.32. The molecule has 26 heavy (non-hydrogen) atoms. The van der Waals surface area contributed by atoms with E-state index in [2.05, 4.69) is 21.2 Å². The van der Waals surface area contributed by atoms with Gasteiger partial charge in [0.25, 0.3) is 0 Å². The lowest BCUT2D eigenvalue weighted by Crippen LogP contribution is -2.51. The number of ether oxygens (including phenoxy) is 1. The number of morpholine rings is 1. The number of rotatable bonds is 2. The summed E-state index contributed by atoms with van der Waals surface area (Å²) in [6.45, 7) is 1.23. The van der Waals surface area contributed by atoms with Crippen LogP contribution in [0.5, 0.6) is 0 Å². The molecule has 1 heterocycles. The highest BCUT2D eigenvalue weighted by Gasteiger charge is 2.42. The molecule has 1 aromatic rings. The summed E-state index contributed by atoms with van der Waals surface area (Å²) in [6.07, 6.45) is -3.22. The third kappa shape index (κ3) is 4.91. The van der Waals surface area contributed by atoms with Gasteiger partial charge in [0, 0.05) is 17.1 Å². The molecule has 3 rings (SSSR count). The van der Waals surface area contributed by atoms with E-state index in [9.17, 15) is 18.0 Å². The normalized spacial score (nSPS) is 27.2. The van der Waals surface area contributed by atoms with Crippen LogP contribution in [0.15, 0.2) is 28.7 Å². The molecule has 1 saturated heterocycles. The Kier molecular flexibility index (Phi) is 6.12. The van der Waals surface area contributed by atoms with Crippen molar-refractivity contribution in [3.63, 3.8) is 0 Å². The van der Waals surface area contributed by atoms with Crippen molar-refractivity contribution < 1.29 is 22.7 Å². The molecule has 2 fully saturated rings. The molecular formula is C18H22BrF3N2O2. The van der Waals surface area contributed by atoms with Gasteiger partial charge in [-0.3, -0.25) is 0 Å². The molecule has 3 unspecified atom stereocenters. The van der Waals surface area contributed by atoms with Crippen molar-refractivity contribution >= 4 is 22.0 Å². The van der Waals surface area contributed by atoms with Crippen LogP contribution in [0.2, 0.25) is 0 Å². The minimum atomic E-state index is -4.19. The maximum absolute atomic E-state index is 12.9. The molecule has 144 valence electrons. The number of carbonyl (C=O) groups excluding carboxylic acids is 1. The quantitative estimate of drug-likeness (QED) is 0.735. The fourth-order valence-corrected chi connectivity index (χ4v) is 4.04. The van der Waals surface area contributed by atoms with Gasteiger partial charge < -0.3 is 15.0 Å². The minimum absolute atomic E-state index is 0.0331. The molecule has 2 aliphatic rings. The van der Waals surface area contributed by atoms with Crippen LogP contribution in [0.3, 0.4) is 0 Å². The van der Waals surface area contributed by atoms with Crippen molar-refractivity contribution in [3.8, 4) is 0 Å². The number of alkyl halides is 3. The second-order valence-electron chi connectivity index (χ2n) is 6.91. The second kappa shape index (κ2) is 8.17. The lowest BCUT2D eigenvalue weighted by atomic mass is 9.85. The van der Waals surface area contributed by atoms with E-state index in [1.807, 2.05) is 24.3 Å². The highest BCUT2D eigenvalue weighted by Crippen LogP contribution is 2.37. The first-order valence-corrected chi connectivity index (χ1v) is 9.61. The van der Waals surface area contributed by atoms with Gasteiger partial charge in [0.1, 0.15) is 6.10 Å². The molecule has 0 radical (unpaired) electrons. The molecule has 0 bridgehead atoms. The van der Waals surface area contributed by atoms with E-state index in [-0.39, 0.29) is 25.0 Å². The Labute approximate surface area is 159 Å². The molecule has 0 spiro atoms. The zero-order valence-electron chi connectivity index (χ0n) is 14.3. The third-order valence-electron chi connectivity index (χ3n) is 5.04. The number of hydrogen-bond acceptors (Lipinski definition) is 2. The van der Waals surface area contributed by atoms with Gasteiger partial charge in [0.2, 0.25) is 0 Å². The number of nitrogens with zero attached hydrogens (tertiary/aromatic N) is 1. The third-order valence-corrected chi connectivity index (χ3v) is 5.53. The van der Waals surface area contributed by atoms with Gasteiger partial charge in [0.15, 0.2) is 0 Å². The summed E-state index contributed by atoms with van der Waals surface area (Å²) in [5.41, 5.74) is 0.965. The molecule has 1 aliphatic carbocycles. The van der Waals surface area contributed by atoms with Crippen molar-refractivity contribution in [3.05, 3.63) is 34.3 Å². The highest BCUT2D eigenvalue weighted by atomic mass is 79.9. The minimum Gasteiger partial charge on any atom is -0.370 e. The average Bonchev–Trinajstić information content (AvgIpc) is 2.61. The molecular weight excluding hydrogens is 413 g/mol. The standard InChI is InChI=1S/C18H22BrF3N2O2/c19-14-5-1-3-12(9-14)16-11-24(7-8-26-16)17(25)23-15-6-2-4-13(10-15)18(20,21)22/h1,3,5,9,13,15-16H,2,4,6-8,10-11H2,(H,23,25). The average molecular weight is 435 g/mol. The van der Waals surface area contributed by atoms with Crippen molar-refractivity contribution in [1.82, 2.24) is 10.2 Å². The molecule has 1 saturated carbocycles. The van der Waals surface area contributed by atoms with Gasteiger partial charge in [-0.25, -0.2) is 4.79 Å². The zero-order valence-corrected chi connectivity index (χ0v) is 15.9. The SMILES string of the molecule is O=C(NC1CCCC(C(F)(F)F)C1)N1CCOC(c2cccc(Br)c2)C1. The fourth-order valence-electron chi connectivity index (χ4n) is 3.63. The monoisotopic (exact) mass is 434 g/mol. The van der Waals surface area contributed by atoms with Gasteiger partial charge in [-0.15, -0.1) is 0 Å². The predicted octanol–water partition coefficient (Wildman–Crippen LogP) is 4.65. The lowest BCUT2D eigenvalue weighted by molar-refractivity contribution is -0.183. The lowest BCUT2D eigenvalue weighted by Gasteiger charge is -2.36. The van der Waals surface area contributed by atoms with Gasteiger partial charge in [-0.1, -0.05) is 34.5 Å². The molecule has 1 aliphatic heterocycles. The summed E-state index contributed by atoms with van der Waals surface area (Å²) < 4.78 is 45.5. The van der Waals surface area contributed by atoms with Crippen LogP contribution in [0.4, 0.5) is 18.0 Å². The Balaban J connectivity index is 1.57. The number of amides is 2. The maximum atomic E-state index is 12.9. The first kappa shape index (κ1) is 19.5. The van der Waals surface area contributed by atoms with Gasteiger partial charge in [-0.05, 0) is 37.0 Å². The Bertz CT molecular complexity index is 641. The van der Waals surface area contributed by atoms with E-state index in [0.29, 0.717) is 32.5 Å². The first-order valence-electron chi connectivity index (χ1n) is 8.82. The summed E-state index contributed by atoms with van der Waals surface area (Å²) in [5, 5.41) is 2.80. The molecule has 2 amide bonds. The van der Waals surface area contributed by atoms with Crippen LogP contribution in [0.25, 0.3) is 0 Å². The van der Waals surface area contributed by atoms with E-state index in [0.717, 1.165) is 10.0 Å². The van der Waals surface area contributed by atoms with E-state index in [4.69, 9.17) is 4.74 Å². The second-order valence-corrected chi connectivity index (χ2v) is 7.83. The number of carbonyl (C=O) groups is 1. The van der Waals surface area contributed by atoms with Crippen LogP contribution >= 0.6 is 15.9 Å².